The average Bonchev–Trinajstić information content (AvgIpc) is 3.78. The Morgan fingerprint density at radius 2 is 1.62 bits per heavy atom. The zero-order valence-electron chi connectivity index (χ0n) is 23.0. The van der Waals surface area contributed by atoms with Crippen molar-refractivity contribution < 1.29 is 38.5 Å². The summed E-state index contributed by atoms with van der Waals surface area (Å²) in [5.41, 5.74) is -0.328. The van der Waals surface area contributed by atoms with Gasteiger partial charge >= 0.3 is 17.9 Å². The van der Waals surface area contributed by atoms with Crippen LogP contribution in [0, 0.1) is 17.3 Å². The maximum Gasteiger partial charge on any atom is 0.340 e. The molecule has 0 aliphatic carbocycles. The number of carbonyl (C=O) groups excluding carboxylic acids is 3. The Labute approximate surface area is 233 Å². The van der Waals surface area contributed by atoms with Crippen molar-refractivity contribution in [2.75, 3.05) is 20.0 Å². The van der Waals surface area contributed by atoms with Gasteiger partial charge in [-0.1, -0.05) is 60.6 Å². The molecule has 0 aromatic heterocycles. The first-order chi connectivity index (χ1) is 19.2. The number of nitrogens with zero attached hydrogens (tertiary/aromatic N) is 1. The summed E-state index contributed by atoms with van der Waals surface area (Å²) in [7, 11) is 0. The fraction of sp³-hybridized carbons (Fsp3) is 0.419. The van der Waals surface area contributed by atoms with E-state index in [1.807, 2.05) is 55.5 Å². The summed E-state index contributed by atoms with van der Waals surface area (Å²) in [6, 6.07) is 17.9. The number of fused-ring (bicyclic) bond motifs is 2. The maximum atomic E-state index is 13.1. The number of rotatable bonds is 13. The summed E-state index contributed by atoms with van der Waals surface area (Å²) in [6.45, 7) is 5.03. The second-order valence-electron chi connectivity index (χ2n) is 10.6. The van der Waals surface area contributed by atoms with Crippen LogP contribution in [0.25, 0.3) is 21.5 Å². The lowest BCUT2D eigenvalue weighted by atomic mass is 9.79. The van der Waals surface area contributed by atoms with Crippen molar-refractivity contribution in [3.8, 4) is 0 Å². The first-order valence-electron chi connectivity index (χ1n) is 13.4. The van der Waals surface area contributed by atoms with E-state index in [9.17, 15) is 14.4 Å². The standard InChI is InChI=1S/C31H35NO8/c1-4-20(28(34)38-18-24-17-37-24)13-23(29(35)39-19-33)15-31(2,3)30(36)40-32-16-27-25-11-7-5-9-21(25)14-22-10-6-8-12-26(22)27/h5-12,14,16,20,23-24,33H,4,13,15,17-19H2,1-3H3. The summed E-state index contributed by atoms with van der Waals surface area (Å²) in [5, 5.41) is 17.2. The quantitative estimate of drug-likeness (QED) is 0.0616. The topological polar surface area (TPSA) is 124 Å². The minimum atomic E-state index is -1.15. The molecule has 0 radical (unpaired) electrons. The van der Waals surface area contributed by atoms with Crippen LogP contribution in [0.4, 0.5) is 0 Å². The third-order valence-electron chi connectivity index (χ3n) is 7.19. The molecule has 9 nitrogen and oxygen atoms in total. The lowest BCUT2D eigenvalue weighted by Gasteiger charge is -2.27. The second kappa shape index (κ2) is 13.0. The number of ether oxygens (including phenoxy) is 3. The van der Waals surface area contributed by atoms with E-state index >= 15 is 0 Å². The number of epoxide rings is 1. The van der Waals surface area contributed by atoms with Crippen LogP contribution in [0.1, 0.15) is 45.6 Å². The molecule has 3 atom stereocenters. The average molecular weight is 550 g/mol. The Kier molecular flexibility index (Phi) is 9.50. The fourth-order valence-corrected chi connectivity index (χ4v) is 4.81. The SMILES string of the molecule is CCC(CC(CC(C)(C)C(=O)ON=Cc1c2ccccc2cc2ccccc12)C(=O)OCO)C(=O)OCC1CO1. The highest BCUT2D eigenvalue weighted by atomic mass is 16.7. The second-order valence-corrected chi connectivity index (χ2v) is 10.6. The van der Waals surface area contributed by atoms with E-state index in [0.717, 1.165) is 27.1 Å². The van der Waals surface area contributed by atoms with Gasteiger partial charge in [0, 0.05) is 5.56 Å². The van der Waals surface area contributed by atoms with Crippen LogP contribution in [-0.2, 0) is 33.4 Å². The zero-order chi connectivity index (χ0) is 28.7. The minimum Gasteiger partial charge on any atom is -0.463 e. The highest BCUT2D eigenvalue weighted by molar-refractivity contribution is 6.13. The Hall–Kier alpha value is -3.82. The molecule has 3 aromatic carbocycles. The third kappa shape index (κ3) is 7.22. The van der Waals surface area contributed by atoms with Crippen molar-refractivity contribution in [3.05, 3.63) is 60.2 Å². The highest BCUT2D eigenvalue weighted by Gasteiger charge is 2.38. The maximum absolute atomic E-state index is 13.1. The molecule has 1 aliphatic rings. The van der Waals surface area contributed by atoms with Gasteiger partial charge in [0.15, 0.2) is 6.79 Å². The van der Waals surface area contributed by atoms with Gasteiger partial charge in [-0.3, -0.25) is 9.59 Å². The van der Waals surface area contributed by atoms with Crippen LogP contribution < -0.4 is 0 Å². The largest absolute Gasteiger partial charge is 0.463 e. The lowest BCUT2D eigenvalue weighted by molar-refractivity contribution is -0.163. The molecule has 3 unspecified atom stereocenters. The van der Waals surface area contributed by atoms with Crippen LogP contribution in [0.5, 0.6) is 0 Å². The Morgan fingerprint density at radius 3 is 2.20 bits per heavy atom. The van der Waals surface area contributed by atoms with E-state index in [-0.39, 0.29) is 25.6 Å². The lowest BCUT2D eigenvalue weighted by Crippen LogP contribution is -2.34. The van der Waals surface area contributed by atoms with Crippen LogP contribution in [0.2, 0.25) is 0 Å². The number of aliphatic hydroxyl groups excluding tert-OH is 1. The van der Waals surface area contributed by atoms with Gasteiger partial charge in [0.2, 0.25) is 0 Å². The van der Waals surface area contributed by atoms with E-state index in [1.165, 1.54) is 6.21 Å². The number of esters is 2. The fourth-order valence-electron chi connectivity index (χ4n) is 4.81. The molecule has 1 heterocycles. The number of hydrogen-bond acceptors (Lipinski definition) is 9. The summed E-state index contributed by atoms with van der Waals surface area (Å²) in [5.74, 6) is -3.22. The van der Waals surface area contributed by atoms with E-state index < -0.39 is 42.0 Å². The van der Waals surface area contributed by atoms with Gasteiger partial charge in [-0.15, -0.1) is 0 Å². The molecule has 0 amide bonds. The Morgan fingerprint density at radius 1 is 1.02 bits per heavy atom. The summed E-state index contributed by atoms with van der Waals surface area (Å²) in [6.07, 6.45) is 2.01. The summed E-state index contributed by atoms with van der Waals surface area (Å²) >= 11 is 0. The number of carbonyl (C=O) groups is 3. The normalized spacial score (nSPS) is 16.6. The third-order valence-corrected chi connectivity index (χ3v) is 7.19. The van der Waals surface area contributed by atoms with Crippen molar-refractivity contribution >= 4 is 45.7 Å². The molecule has 4 rings (SSSR count). The van der Waals surface area contributed by atoms with Crippen molar-refractivity contribution in [3.63, 3.8) is 0 Å². The molecule has 1 saturated heterocycles. The van der Waals surface area contributed by atoms with Gasteiger partial charge in [-0.2, -0.15) is 0 Å². The van der Waals surface area contributed by atoms with Crippen LogP contribution in [0.3, 0.4) is 0 Å². The van der Waals surface area contributed by atoms with Gasteiger partial charge in [-0.05, 0) is 60.7 Å². The van der Waals surface area contributed by atoms with Crippen LogP contribution in [-0.4, -0.2) is 55.3 Å². The van der Waals surface area contributed by atoms with E-state index in [4.69, 9.17) is 24.2 Å². The molecule has 3 aromatic rings. The number of benzene rings is 3. The molecule has 0 spiro atoms. The van der Waals surface area contributed by atoms with Gasteiger partial charge < -0.3 is 24.2 Å². The van der Waals surface area contributed by atoms with Gasteiger partial charge in [0.05, 0.1) is 30.1 Å². The summed E-state index contributed by atoms with van der Waals surface area (Å²) in [4.78, 5) is 43.8. The van der Waals surface area contributed by atoms with E-state index in [0.29, 0.717) is 13.0 Å². The zero-order valence-corrected chi connectivity index (χ0v) is 23.0. The Balaban J connectivity index is 1.47. The summed E-state index contributed by atoms with van der Waals surface area (Å²) < 4.78 is 15.2. The van der Waals surface area contributed by atoms with E-state index in [2.05, 4.69) is 11.2 Å². The van der Waals surface area contributed by atoms with Gasteiger partial charge in [0.1, 0.15) is 12.7 Å². The van der Waals surface area contributed by atoms with E-state index in [1.54, 1.807) is 13.8 Å². The Bertz CT molecular complexity index is 1340. The molecular weight excluding hydrogens is 514 g/mol. The molecule has 40 heavy (non-hydrogen) atoms. The first kappa shape index (κ1) is 29.2. The monoisotopic (exact) mass is 549 g/mol. The van der Waals surface area contributed by atoms with Gasteiger partial charge in [-0.25, -0.2) is 4.79 Å². The van der Waals surface area contributed by atoms with Crippen molar-refractivity contribution in [2.24, 2.45) is 22.4 Å². The number of oxime groups is 1. The van der Waals surface area contributed by atoms with Crippen LogP contribution in [0.15, 0.2) is 59.8 Å². The van der Waals surface area contributed by atoms with Gasteiger partial charge in [0.25, 0.3) is 0 Å². The van der Waals surface area contributed by atoms with Crippen molar-refractivity contribution in [2.45, 2.75) is 46.1 Å². The molecule has 9 heteroatoms. The first-order valence-corrected chi connectivity index (χ1v) is 13.4. The predicted octanol–water partition coefficient (Wildman–Crippen LogP) is 4.75. The molecule has 0 bridgehead atoms. The van der Waals surface area contributed by atoms with Crippen molar-refractivity contribution in [1.29, 1.82) is 0 Å². The molecule has 1 N–H and O–H groups in total. The van der Waals surface area contributed by atoms with Crippen molar-refractivity contribution in [1.82, 2.24) is 0 Å². The predicted molar refractivity (Wildman–Crippen MR) is 149 cm³/mol. The minimum absolute atomic E-state index is 0.0207. The molecule has 212 valence electrons. The molecular formula is C31H35NO8. The molecule has 1 aliphatic heterocycles. The van der Waals surface area contributed by atoms with Crippen LogP contribution >= 0.6 is 0 Å². The smallest absolute Gasteiger partial charge is 0.340 e. The number of hydrogen-bond donors (Lipinski definition) is 1. The number of aliphatic hydroxyl groups is 1. The molecule has 1 fully saturated rings. The molecule has 0 saturated carbocycles. The highest BCUT2D eigenvalue weighted by Crippen LogP contribution is 2.33.